The lowest BCUT2D eigenvalue weighted by molar-refractivity contribution is 0.457. The molecule has 0 spiro atoms. The molecule has 1 aliphatic carbocycles. The number of ether oxygens (including phenoxy) is 1. The first-order valence-electron chi connectivity index (χ1n) is 6.77. The maximum atomic E-state index is 14.0. The third-order valence-corrected chi connectivity index (χ3v) is 3.98. The van der Waals surface area contributed by atoms with Crippen molar-refractivity contribution in [3.63, 3.8) is 0 Å². The topological polar surface area (TPSA) is 21.3 Å². The van der Waals surface area contributed by atoms with Crippen molar-refractivity contribution < 1.29 is 13.5 Å². The van der Waals surface area contributed by atoms with Crippen molar-refractivity contribution >= 4 is 15.9 Å². The number of hydrogen-bond acceptors (Lipinski definition) is 2. The van der Waals surface area contributed by atoms with Gasteiger partial charge in [0.15, 0.2) is 0 Å². The molecule has 1 N–H and O–H groups in total. The predicted molar refractivity (Wildman–Crippen MR) is 80.4 cm³/mol. The Kier molecular flexibility index (Phi) is 4.22. The number of hydrogen-bond donors (Lipinski definition) is 1. The highest BCUT2D eigenvalue weighted by molar-refractivity contribution is 9.10. The van der Waals surface area contributed by atoms with Gasteiger partial charge in [-0.2, -0.15) is 0 Å². The van der Waals surface area contributed by atoms with Crippen LogP contribution >= 0.6 is 15.9 Å². The molecule has 1 saturated carbocycles. The van der Waals surface area contributed by atoms with Crippen LogP contribution in [0.3, 0.4) is 0 Å². The molecule has 0 heterocycles. The standard InChI is InChI=1S/C16H14BrF2NO/c17-13-7-6-11(8-15(13)19)21-16-3-1-2-14(18)12(16)9-20-10-4-5-10/h1-3,6-8,10,20H,4-5,9H2. The molecule has 1 aliphatic rings. The van der Waals surface area contributed by atoms with E-state index < -0.39 is 5.82 Å². The van der Waals surface area contributed by atoms with E-state index in [1.165, 1.54) is 12.1 Å². The molecule has 0 saturated heterocycles. The van der Waals surface area contributed by atoms with Crippen LogP contribution in [0.2, 0.25) is 0 Å². The lowest BCUT2D eigenvalue weighted by Gasteiger charge is -2.13. The van der Waals surface area contributed by atoms with Gasteiger partial charge in [-0.1, -0.05) is 6.07 Å². The van der Waals surface area contributed by atoms with Gasteiger partial charge in [0.1, 0.15) is 23.1 Å². The van der Waals surface area contributed by atoms with Gasteiger partial charge in [-0.05, 0) is 53.0 Å². The summed E-state index contributed by atoms with van der Waals surface area (Å²) in [6.45, 7) is 0.408. The molecule has 0 atom stereocenters. The first-order valence-corrected chi connectivity index (χ1v) is 7.56. The number of nitrogens with one attached hydrogen (secondary N) is 1. The maximum Gasteiger partial charge on any atom is 0.141 e. The average molecular weight is 354 g/mol. The third-order valence-electron chi connectivity index (χ3n) is 3.34. The van der Waals surface area contributed by atoms with Gasteiger partial charge in [0.25, 0.3) is 0 Å². The van der Waals surface area contributed by atoms with E-state index in [1.807, 2.05) is 0 Å². The van der Waals surface area contributed by atoms with Crippen LogP contribution in [0, 0.1) is 11.6 Å². The highest BCUT2D eigenvalue weighted by Crippen LogP contribution is 2.30. The first kappa shape index (κ1) is 14.5. The van der Waals surface area contributed by atoms with Gasteiger partial charge in [-0.3, -0.25) is 0 Å². The predicted octanol–water partition coefficient (Wildman–Crippen LogP) is 4.77. The Balaban J connectivity index is 1.82. The Bertz CT molecular complexity index is 659. The highest BCUT2D eigenvalue weighted by atomic mass is 79.9. The van der Waals surface area contributed by atoms with Gasteiger partial charge in [-0.25, -0.2) is 8.78 Å². The van der Waals surface area contributed by atoms with Crippen molar-refractivity contribution in [3.05, 3.63) is 58.1 Å². The van der Waals surface area contributed by atoms with E-state index in [0.29, 0.717) is 34.1 Å². The summed E-state index contributed by atoms with van der Waals surface area (Å²) in [6, 6.07) is 9.62. The lowest BCUT2D eigenvalue weighted by Crippen LogP contribution is -2.16. The molecule has 0 unspecified atom stereocenters. The van der Waals surface area contributed by atoms with Crippen molar-refractivity contribution in [2.45, 2.75) is 25.4 Å². The summed E-state index contributed by atoms with van der Waals surface area (Å²) >= 11 is 3.09. The molecule has 21 heavy (non-hydrogen) atoms. The Hall–Kier alpha value is -1.46. The quantitative estimate of drug-likeness (QED) is 0.835. The highest BCUT2D eigenvalue weighted by Gasteiger charge is 2.21. The Morgan fingerprint density at radius 1 is 1.14 bits per heavy atom. The lowest BCUT2D eigenvalue weighted by atomic mass is 10.2. The zero-order chi connectivity index (χ0) is 14.8. The van der Waals surface area contributed by atoms with Crippen LogP contribution in [0.5, 0.6) is 11.5 Å². The van der Waals surface area contributed by atoms with E-state index >= 15 is 0 Å². The second kappa shape index (κ2) is 6.12. The van der Waals surface area contributed by atoms with E-state index in [0.717, 1.165) is 12.8 Å². The van der Waals surface area contributed by atoms with Gasteiger partial charge in [0.05, 0.1) is 4.47 Å². The number of benzene rings is 2. The van der Waals surface area contributed by atoms with Crippen molar-refractivity contribution in [1.29, 1.82) is 0 Å². The Morgan fingerprint density at radius 2 is 1.95 bits per heavy atom. The Labute approximate surface area is 130 Å². The van der Waals surface area contributed by atoms with E-state index in [2.05, 4.69) is 21.2 Å². The Morgan fingerprint density at radius 3 is 2.67 bits per heavy atom. The zero-order valence-corrected chi connectivity index (χ0v) is 12.8. The molecule has 2 aromatic carbocycles. The summed E-state index contributed by atoms with van der Waals surface area (Å²) in [5, 5.41) is 3.26. The van der Waals surface area contributed by atoms with Crippen LogP contribution in [0.15, 0.2) is 40.9 Å². The molecule has 2 aromatic rings. The van der Waals surface area contributed by atoms with Crippen LogP contribution in [0.25, 0.3) is 0 Å². The maximum absolute atomic E-state index is 14.0. The molecule has 0 amide bonds. The van der Waals surface area contributed by atoms with Crippen LogP contribution in [-0.2, 0) is 6.54 Å². The summed E-state index contributed by atoms with van der Waals surface area (Å²) in [4.78, 5) is 0. The third kappa shape index (κ3) is 3.60. The summed E-state index contributed by atoms with van der Waals surface area (Å²) in [5.41, 5.74) is 0.465. The van der Waals surface area contributed by atoms with Gasteiger partial charge < -0.3 is 10.1 Å². The second-order valence-electron chi connectivity index (χ2n) is 5.05. The van der Waals surface area contributed by atoms with Crippen molar-refractivity contribution in [2.75, 3.05) is 0 Å². The molecule has 1 fully saturated rings. The van der Waals surface area contributed by atoms with Gasteiger partial charge >= 0.3 is 0 Å². The smallest absolute Gasteiger partial charge is 0.141 e. The molecule has 2 nitrogen and oxygen atoms in total. The SMILES string of the molecule is Fc1cc(Oc2cccc(F)c2CNC2CC2)ccc1Br. The fourth-order valence-electron chi connectivity index (χ4n) is 2.01. The molecular weight excluding hydrogens is 340 g/mol. The van der Waals surface area contributed by atoms with Gasteiger partial charge in [0, 0.05) is 24.2 Å². The number of rotatable bonds is 5. The summed E-state index contributed by atoms with van der Waals surface area (Å²) in [6.07, 6.45) is 2.26. The van der Waals surface area contributed by atoms with Crippen molar-refractivity contribution in [3.8, 4) is 11.5 Å². The number of halogens is 3. The molecule has 0 radical (unpaired) electrons. The molecule has 0 aromatic heterocycles. The zero-order valence-electron chi connectivity index (χ0n) is 11.2. The van der Waals surface area contributed by atoms with Crippen LogP contribution in [0.4, 0.5) is 8.78 Å². The normalized spacial score (nSPS) is 14.2. The van der Waals surface area contributed by atoms with Gasteiger partial charge in [-0.15, -0.1) is 0 Å². The van der Waals surface area contributed by atoms with Crippen LogP contribution in [-0.4, -0.2) is 6.04 Å². The van der Waals surface area contributed by atoms with Crippen molar-refractivity contribution in [2.24, 2.45) is 0 Å². The van der Waals surface area contributed by atoms with E-state index in [4.69, 9.17) is 4.74 Å². The largest absolute Gasteiger partial charge is 0.457 e. The minimum atomic E-state index is -0.415. The molecule has 0 aliphatic heterocycles. The van der Waals surface area contributed by atoms with Gasteiger partial charge in [0.2, 0.25) is 0 Å². The van der Waals surface area contributed by atoms with Crippen LogP contribution < -0.4 is 10.1 Å². The molecule has 3 rings (SSSR count). The average Bonchev–Trinajstić information content (AvgIpc) is 3.26. The second-order valence-corrected chi connectivity index (χ2v) is 5.90. The molecule has 5 heteroatoms. The van der Waals surface area contributed by atoms with Crippen LogP contribution in [0.1, 0.15) is 18.4 Å². The first-order chi connectivity index (χ1) is 10.1. The fraction of sp³-hybridized carbons (Fsp3) is 0.250. The minimum absolute atomic E-state index is 0.321. The fourth-order valence-corrected chi connectivity index (χ4v) is 2.25. The van der Waals surface area contributed by atoms with Crippen molar-refractivity contribution in [1.82, 2.24) is 5.32 Å². The van der Waals surface area contributed by atoms with E-state index in [9.17, 15) is 8.78 Å². The minimum Gasteiger partial charge on any atom is -0.457 e. The molecule has 110 valence electrons. The summed E-state index contributed by atoms with van der Waals surface area (Å²) in [5.74, 6) is 0.0126. The molecular formula is C16H14BrF2NO. The summed E-state index contributed by atoms with van der Waals surface area (Å²) < 4.78 is 33.5. The summed E-state index contributed by atoms with van der Waals surface area (Å²) in [7, 11) is 0. The van der Waals surface area contributed by atoms with E-state index in [1.54, 1.807) is 24.3 Å². The monoisotopic (exact) mass is 353 g/mol. The molecule has 0 bridgehead atoms. The van der Waals surface area contributed by atoms with E-state index in [-0.39, 0.29) is 5.82 Å².